The van der Waals surface area contributed by atoms with E-state index in [9.17, 15) is 4.79 Å². The molecule has 1 saturated heterocycles. The number of carbonyl (C=O) groups is 1. The summed E-state index contributed by atoms with van der Waals surface area (Å²) < 4.78 is 11.0. The highest BCUT2D eigenvalue weighted by atomic mass is 35.5. The van der Waals surface area contributed by atoms with Crippen molar-refractivity contribution in [2.24, 2.45) is 11.8 Å². The van der Waals surface area contributed by atoms with Crippen molar-refractivity contribution in [2.45, 2.75) is 32.1 Å². The average Bonchev–Trinajstić information content (AvgIpc) is 3.28. The Balaban J connectivity index is 0.00000220. The largest absolute Gasteiger partial charge is 0.381 e. The van der Waals surface area contributed by atoms with Crippen LogP contribution in [0.2, 0.25) is 0 Å². The molecule has 2 N–H and O–H groups in total. The molecule has 1 heterocycles. The molecule has 0 unspecified atom stereocenters. The van der Waals surface area contributed by atoms with E-state index in [1.807, 2.05) is 0 Å². The van der Waals surface area contributed by atoms with E-state index >= 15 is 0 Å². The van der Waals surface area contributed by atoms with Gasteiger partial charge >= 0.3 is 0 Å². The molecule has 0 spiro atoms. The molecule has 0 aromatic heterocycles. The van der Waals surface area contributed by atoms with Crippen LogP contribution in [0.3, 0.4) is 0 Å². The number of hydrogen-bond acceptors (Lipinski definition) is 4. The minimum Gasteiger partial charge on any atom is -0.381 e. The Bertz CT molecular complexity index is 282. The average molecular weight is 321 g/mol. The van der Waals surface area contributed by atoms with Gasteiger partial charge in [-0.2, -0.15) is 0 Å². The molecule has 0 radical (unpaired) electrons. The fourth-order valence-corrected chi connectivity index (χ4v) is 2.34. The lowest BCUT2D eigenvalue weighted by Gasteiger charge is -2.21. The first-order valence-electron chi connectivity index (χ1n) is 7.97. The molecule has 1 aliphatic carbocycles. The van der Waals surface area contributed by atoms with Crippen molar-refractivity contribution in [2.75, 3.05) is 46.1 Å². The van der Waals surface area contributed by atoms with Gasteiger partial charge in [0.15, 0.2) is 0 Å². The van der Waals surface area contributed by atoms with Crippen LogP contribution in [0.15, 0.2) is 0 Å². The van der Waals surface area contributed by atoms with E-state index in [-0.39, 0.29) is 18.3 Å². The molecule has 6 heteroatoms. The molecule has 1 saturated carbocycles. The summed E-state index contributed by atoms with van der Waals surface area (Å²) in [6.07, 6.45) is 5.75. The van der Waals surface area contributed by atoms with Gasteiger partial charge in [0.2, 0.25) is 5.91 Å². The summed E-state index contributed by atoms with van der Waals surface area (Å²) in [6.45, 7) is 5.45. The predicted octanol–water partition coefficient (Wildman–Crippen LogP) is 1.36. The molecule has 2 rings (SSSR count). The van der Waals surface area contributed by atoms with Crippen LogP contribution in [0, 0.1) is 11.8 Å². The SMILES string of the molecule is Cl.O=C(CNCC1CC1)NCCCOCC1CCOCC1. The zero-order chi connectivity index (χ0) is 14.0. The maximum atomic E-state index is 11.5. The summed E-state index contributed by atoms with van der Waals surface area (Å²) in [5.41, 5.74) is 0. The highest BCUT2D eigenvalue weighted by Crippen LogP contribution is 2.27. The van der Waals surface area contributed by atoms with Gasteiger partial charge in [-0.15, -0.1) is 12.4 Å². The van der Waals surface area contributed by atoms with Crippen LogP contribution in [-0.4, -0.2) is 52.0 Å². The number of nitrogens with one attached hydrogen (secondary N) is 2. The first kappa shape index (κ1) is 18.7. The normalized spacial score (nSPS) is 19.0. The third-order valence-electron chi connectivity index (χ3n) is 3.90. The third-order valence-corrected chi connectivity index (χ3v) is 3.90. The second-order valence-corrected chi connectivity index (χ2v) is 5.91. The summed E-state index contributed by atoms with van der Waals surface area (Å²) in [6, 6.07) is 0. The summed E-state index contributed by atoms with van der Waals surface area (Å²) in [5, 5.41) is 6.10. The minimum atomic E-state index is 0. The van der Waals surface area contributed by atoms with E-state index in [0.29, 0.717) is 19.0 Å². The second-order valence-electron chi connectivity index (χ2n) is 5.91. The molecule has 2 aliphatic rings. The van der Waals surface area contributed by atoms with E-state index in [2.05, 4.69) is 10.6 Å². The molecule has 1 aliphatic heterocycles. The van der Waals surface area contributed by atoms with Gasteiger partial charge in [0.05, 0.1) is 6.54 Å². The summed E-state index contributed by atoms with van der Waals surface area (Å²) >= 11 is 0. The highest BCUT2D eigenvalue weighted by Gasteiger charge is 2.20. The zero-order valence-corrected chi connectivity index (χ0v) is 13.6. The summed E-state index contributed by atoms with van der Waals surface area (Å²) in [5.74, 6) is 1.57. The van der Waals surface area contributed by atoms with E-state index in [0.717, 1.165) is 58.2 Å². The second kappa shape index (κ2) is 11.2. The third kappa shape index (κ3) is 9.30. The van der Waals surface area contributed by atoms with Gasteiger partial charge in [-0.25, -0.2) is 0 Å². The van der Waals surface area contributed by atoms with Crippen LogP contribution in [0.25, 0.3) is 0 Å². The van der Waals surface area contributed by atoms with Gasteiger partial charge < -0.3 is 20.1 Å². The standard InChI is InChI=1S/C15H28N2O3.ClH/c18-15(11-16-10-13-2-3-13)17-6-1-7-20-12-14-4-8-19-9-5-14;/h13-14,16H,1-12H2,(H,17,18);1H. The minimum absolute atomic E-state index is 0. The van der Waals surface area contributed by atoms with Gasteiger partial charge in [0, 0.05) is 33.0 Å². The fourth-order valence-electron chi connectivity index (χ4n) is 2.34. The number of hydrogen-bond donors (Lipinski definition) is 2. The van der Waals surface area contributed by atoms with Crippen LogP contribution in [-0.2, 0) is 14.3 Å². The Kier molecular flexibility index (Phi) is 10.0. The number of ether oxygens (including phenoxy) is 2. The van der Waals surface area contributed by atoms with Gasteiger partial charge in [0.1, 0.15) is 0 Å². The Hall–Kier alpha value is -0.360. The van der Waals surface area contributed by atoms with Crippen LogP contribution >= 0.6 is 12.4 Å². The molecular formula is C15H29ClN2O3. The van der Waals surface area contributed by atoms with Crippen molar-refractivity contribution in [3.63, 3.8) is 0 Å². The summed E-state index contributed by atoms with van der Waals surface area (Å²) in [4.78, 5) is 11.5. The number of amides is 1. The Labute approximate surface area is 133 Å². The maximum Gasteiger partial charge on any atom is 0.233 e. The molecule has 124 valence electrons. The van der Waals surface area contributed by atoms with Crippen molar-refractivity contribution in [1.82, 2.24) is 10.6 Å². The lowest BCUT2D eigenvalue weighted by Crippen LogP contribution is -2.35. The first-order chi connectivity index (χ1) is 9.84. The number of carbonyl (C=O) groups excluding carboxylic acids is 1. The van der Waals surface area contributed by atoms with Crippen LogP contribution < -0.4 is 10.6 Å². The van der Waals surface area contributed by atoms with Crippen LogP contribution in [0.1, 0.15) is 32.1 Å². The molecule has 0 aromatic rings. The molecule has 0 atom stereocenters. The molecule has 0 aromatic carbocycles. The fraction of sp³-hybridized carbons (Fsp3) is 0.933. The number of rotatable bonds is 10. The Morgan fingerprint density at radius 1 is 1.14 bits per heavy atom. The molecule has 0 bridgehead atoms. The van der Waals surface area contributed by atoms with Gasteiger partial charge in [0.25, 0.3) is 0 Å². The quantitative estimate of drug-likeness (QED) is 0.597. The first-order valence-corrected chi connectivity index (χ1v) is 7.97. The van der Waals surface area contributed by atoms with Crippen LogP contribution in [0.5, 0.6) is 0 Å². The van der Waals surface area contributed by atoms with Crippen molar-refractivity contribution >= 4 is 18.3 Å². The molecule has 21 heavy (non-hydrogen) atoms. The van der Waals surface area contributed by atoms with Crippen molar-refractivity contribution in [3.05, 3.63) is 0 Å². The summed E-state index contributed by atoms with van der Waals surface area (Å²) in [7, 11) is 0. The molecule has 1 amide bonds. The zero-order valence-electron chi connectivity index (χ0n) is 12.8. The maximum absolute atomic E-state index is 11.5. The highest BCUT2D eigenvalue weighted by molar-refractivity contribution is 5.85. The molecule has 5 nitrogen and oxygen atoms in total. The van der Waals surface area contributed by atoms with E-state index in [1.54, 1.807) is 0 Å². The van der Waals surface area contributed by atoms with E-state index < -0.39 is 0 Å². The van der Waals surface area contributed by atoms with Gasteiger partial charge in [-0.1, -0.05) is 0 Å². The lowest BCUT2D eigenvalue weighted by molar-refractivity contribution is -0.120. The molecule has 2 fully saturated rings. The smallest absolute Gasteiger partial charge is 0.233 e. The molecular weight excluding hydrogens is 292 g/mol. The van der Waals surface area contributed by atoms with Crippen LogP contribution in [0.4, 0.5) is 0 Å². The number of halogens is 1. The Morgan fingerprint density at radius 2 is 1.90 bits per heavy atom. The lowest BCUT2D eigenvalue weighted by atomic mass is 10.0. The predicted molar refractivity (Wildman–Crippen MR) is 84.8 cm³/mol. The van der Waals surface area contributed by atoms with Crippen molar-refractivity contribution in [3.8, 4) is 0 Å². The van der Waals surface area contributed by atoms with Crippen molar-refractivity contribution in [1.29, 1.82) is 0 Å². The topological polar surface area (TPSA) is 59.6 Å². The van der Waals surface area contributed by atoms with E-state index in [1.165, 1.54) is 12.8 Å². The van der Waals surface area contributed by atoms with Crippen molar-refractivity contribution < 1.29 is 14.3 Å². The Morgan fingerprint density at radius 3 is 2.62 bits per heavy atom. The van der Waals surface area contributed by atoms with E-state index in [4.69, 9.17) is 9.47 Å². The van der Waals surface area contributed by atoms with Gasteiger partial charge in [-0.05, 0) is 50.5 Å². The van der Waals surface area contributed by atoms with Gasteiger partial charge in [-0.3, -0.25) is 4.79 Å². The monoisotopic (exact) mass is 320 g/mol.